The molecule has 1 saturated carbocycles. The van der Waals surface area contributed by atoms with Crippen molar-refractivity contribution >= 4 is 11.8 Å². The van der Waals surface area contributed by atoms with Crippen molar-refractivity contribution in [3.63, 3.8) is 0 Å². The third-order valence-electron chi connectivity index (χ3n) is 3.92. The number of allylic oxidation sites excluding steroid dienone is 1. The van der Waals surface area contributed by atoms with Crippen LogP contribution in [0.5, 0.6) is 0 Å². The Bertz CT molecular complexity index is 520. The van der Waals surface area contributed by atoms with E-state index >= 15 is 0 Å². The van der Waals surface area contributed by atoms with Crippen molar-refractivity contribution in [2.45, 2.75) is 49.4 Å². The number of H-pyrrole nitrogens is 1. The van der Waals surface area contributed by atoms with Crippen LogP contribution in [0.3, 0.4) is 0 Å². The molecule has 1 aromatic rings. The number of nitrogens with one attached hydrogen (secondary N) is 1. The van der Waals surface area contributed by atoms with Gasteiger partial charge in [0, 0.05) is 32.6 Å². The Morgan fingerprint density at radius 3 is 2.91 bits per heavy atom. The zero-order chi connectivity index (χ0) is 15.8. The minimum Gasteiger partial charge on any atom is -0.385 e. The molecule has 7 heteroatoms. The summed E-state index contributed by atoms with van der Waals surface area (Å²) < 4.78 is 12.8. The second-order valence-electron chi connectivity index (χ2n) is 5.58. The lowest BCUT2D eigenvalue weighted by atomic mass is 10.1. The van der Waals surface area contributed by atoms with Gasteiger partial charge >= 0.3 is 5.69 Å². The number of nitrogens with zero attached hydrogens (tertiary/aromatic N) is 2. The van der Waals surface area contributed by atoms with Crippen molar-refractivity contribution in [1.82, 2.24) is 14.8 Å². The third kappa shape index (κ3) is 4.47. The summed E-state index contributed by atoms with van der Waals surface area (Å²) in [7, 11) is 1.71. The third-order valence-corrected chi connectivity index (χ3v) is 5.16. The molecular formula is C15H25N3O3S. The number of methoxy groups -OCH3 is 1. The predicted molar refractivity (Wildman–Crippen MR) is 87.4 cm³/mol. The van der Waals surface area contributed by atoms with Crippen molar-refractivity contribution in [3.05, 3.63) is 23.1 Å². The molecule has 0 unspecified atom stereocenters. The average molecular weight is 327 g/mol. The number of thioether (sulfide) groups is 1. The van der Waals surface area contributed by atoms with Crippen LogP contribution in [0.25, 0.3) is 0 Å². The van der Waals surface area contributed by atoms with E-state index in [0.717, 1.165) is 31.6 Å². The lowest BCUT2D eigenvalue weighted by Crippen LogP contribution is -2.33. The van der Waals surface area contributed by atoms with Gasteiger partial charge in [-0.3, -0.25) is 4.57 Å². The van der Waals surface area contributed by atoms with Crippen LogP contribution in [-0.2, 0) is 16.0 Å². The van der Waals surface area contributed by atoms with E-state index in [-0.39, 0.29) is 11.3 Å². The highest BCUT2D eigenvalue weighted by Crippen LogP contribution is 2.37. The largest absolute Gasteiger partial charge is 0.385 e. The minimum atomic E-state index is -0.191. The molecule has 0 radical (unpaired) electrons. The number of aromatic nitrogens is 3. The number of hydrogen-bond donors (Lipinski definition) is 1. The standard InChI is InChI=1S/C15H25N3O3S/c1-3-9-18-13(19)16-17-14(18)22-12-15(7-4-5-8-15)21-11-6-10-20-2/h3H,1,4-12H2,2H3,(H,16,19). The number of hydrogen-bond acceptors (Lipinski definition) is 5. The zero-order valence-corrected chi connectivity index (χ0v) is 14.0. The van der Waals surface area contributed by atoms with Crippen LogP contribution >= 0.6 is 11.8 Å². The maximum Gasteiger partial charge on any atom is 0.344 e. The Morgan fingerprint density at radius 1 is 1.45 bits per heavy atom. The Labute approximate surface area is 135 Å². The molecule has 2 rings (SSSR count). The summed E-state index contributed by atoms with van der Waals surface area (Å²) in [6.07, 6.45) is 7.15. The highest BCUT2D eigenvalue weighted by Gasteiger charge is 2.35. The van der Waals surface area contributed by atoms with Crippen LogP contribution in [0, 0.1) is 0 Å². The molecule has 0 spiro atoms. The van der Waals surface area contributed by atoms with Crippen LogP contribution in [-0.4, -0.2) is 46.4 Å². The van der Waals surface area contributed by atoms with Gasteiger partial charge in [-0.2, -0.15) is 0 Å². The quantitative estimate of drug-likeness (QED) is 0.405. The summed E-state index contributed by atoms with van der Waals surface area (Å²) >= 11 is 1.58. The Morgan fingerprint density at radius 2 is 2.23 bits per heavy atom. The van der Waals surface area contributed by atoms with Gasteiger partial charge in [0.05, 0.1) is 5.60 Å². The van der Waals surface area contributed by atoms with Gasteiger partial charge in [-0.05, 0) is 19.3 Å². The molecule has 0 amide bonds. The van der Waals surface area contributed by atoms with Crippen LogP contribution in [0.15, 0.2) is 22.6 Å². The summed E-state index contributed by atoms with van der Waals surface area (Å²) in [6, 6.07) is 0. The van der Waals surface area contributed by atoms with Crippen LogP contribution in [0.2, 0.25) is 0 Å². The number of aromatic amines is 1. The highest BCUT2D eigenvalue weighted by molar-refractivity contribution is 7.99. The first-order valence-electron chi connectivity index (χ1n) is 7.72. The van der Waals surface area contributed by atoms with Crippen molar-refractivity contribution < 1.29 is 9.47 Å². The van der Waals surface area contributed by atoms with Gasteiger partial charge in [0.15, 0.2) is 5.16 Å². The first-order valence-corrected chi connectivity index (χ1v) is 8.71. The lowest BCUT2D eigenvalue weighted by molar-refractivity contribution is -0.0291. The van der Waals surface area contributed by atoms with Gasteiger partial charge < -0.3 is 9.47 Å². The van der Waals surface area contributed by atoms with Gasteiger partial charge in [0.2, 0.25) is 0 Å². The fraction of sp³-hybridized carbons (Fsp3) is 0.733. The van der Waals surface area contributed by atoms with E-state index in [4.69, 9.17) is 9.47 Å². The fourth-order valence-corrected chi connectivity index (χ4v) is 3.93. The predicted octanol–water partition coefficient (Wildman–Crippen LogP) is 2.22. The van der Waals surface area contributed by atoms with Gasteiger partial charge in [0.1, 0.15) is 0 Å². The Hall–Kier alpha value is -1.05. The topological polar surface area (TPSA) is 69.1 Å². The zero-order valence-electron chi connectivity index (χ0n) is 13.2. The molecule has 0 bridgehead atoms. The Kier molecular flexibility index (Phi) is 6.72. The van der Waals surface area contributed by atoms with E-state index in [9.17, 15) is 4.79 Å². The molecule has 1 heterocycles. The molecule has 6 nitrogen and oxygen atoms in total. The van der Waals surface area contributed by atoms with Crippen molar-refractivity contribution in [3.8, 4) is 0 Å². The summed E-state index contributed by atoms with van der Waals surface area (Å²) in [5.41, 5.74) is -0.282. The maximum absolute atomic E-state index is 11.7. The molecule has 124 valence electrons. The molecule has 1 N–H and O–H groups in total. The molecule has 0 aromatic carbocycles. The van der Waals surface area contributed by atoms with E-state index in [2.05, 4.69) is 16.8 Å². The molecule has 1 aromatic heterocycles. The van der Waals surface area contributed by atoms with Crippen LogP contribution in [0.4, 0.5) is 0 Å². The van der Waals surface area contributed by atoms with Gasteiger partial charge in [-0.15, -0.1) is 11.7 Å². The minimum absolute atomic E-state index is 0.0909. The van der Waals surface area contributed by atoms with Gasteiger partial charge in [0.25, 0.3) is 0 Å². The average Bonchev–Trinajstić information content (AvgIpc) is 3.11. The molecule has 0 atom stereocenters. The van der Waals surface area contributed by atoms with E-state index in [0.29, 0.717) is 18.3 Å². The summed E-state index contributed by atoms with van der Waals surface area (Å²) in [5.74, 6) is 0.821. The second kappa shape index (κ2) is 8.55. The van der Waals surface area contributed by atoms with E-state index in [1.165, 1.54) is 12.8 Å². The summed E-state index contributed by atoms with van der Waals surface area (Å²) in [4.78, 5) is 11.7. The van der Waals surface area contributed by atoms with Gasteiger partial charge in [-0.1, -0.05) is 30.7 Å². The summed E-state index contributed by atoms with van der Waals surface area (Å²) in [5, 5.41) is 7.31. The van der Waals surface area contributed by atoms with E-state index in [1.807, 2.05) is 0 Å². The first kappa shape index (κ1) is 17.3. The fourth-order valence-electron chi connectivity index (χ4n) is 2.74. The smallest absolute Gasteiger partial charge is 0.344 e. The molecular weight excluding hydrogens is 302 g/mol. The van der Waals surface area contributed by atoms with Crippen molar-refractivity contribution in [2.24, 2.45) is 0 Å². The molecule has 1 aliphatic carbocycles. The van der Waals surface area contributed by atoms with E-state index in [1.54, 1.807) is 29.5 Å². The molecule has 0 aliphatic heterocycles. The van der Waals surface area contributed by atoms with Gasteiger partial charge in [-0.25, -0.2) is 9.89 Å². The lowest BCUT2D eigenvalue weighted by Gasteiger charge is -2.29. The maximum atomic E-state index is 11.7. The monoisotopic (exact) mass is 327 g/mol. The SMILES string of the molecule is C=CCn1c(SCC2(OCCCOC)CCCC2)n[nH]c1=O. The summed E-state index contributed by atoms with van der Waals surface area (Å²) in [6.45, 7) is 5.59. The molecule has 22 heavy (non-hydrogen) atoms. The Balaban J connectivity index is 1.94. The number of rotatable bonds is 10. The normalized spacial score (nSPS) is 17.0. The highest BCUT2D eigenvalue weighted by atomic mass is 32.2. The van der Waals surface area contributed by atoms with Crippen molar-refractivity contribution in [1.29, 1.82) is 0 Å². The molecule has 1 fully saturated rings. The second-order valence-corrected chi connectivity index (χ2v) is 6.53. The van der Waals surface area contributed by atoms with Crippen LogP contribution in [0.1, 0.15) is 32.1 Å². The van der Waals surface area contributed by atoms with Crippen LogP contribution < -0.4 is 5.69 Å². The van der Waals surface area contributed by atoms with E-state index < -0.39 is 0 Å². The van der Waals surface area contributed by atoms with Crippen molar-refractivity contribution in [2.75, 3.05) is 26.1 Å². The molecule has 1 aliphatic rings. The number of ether oxygens (including phenoxy) is 2. The first-order chi connectivity index (χ1) is 10.7. The molecule has 0 saturated heterocycles.